The van der Waals surface area contributed by atoms with E-state index in [2.05, 4.69) is 10.3 Å². The molecular formula is C13H14N2O5S. The molecule has 3 N–H and O–H groups in total. The van der Waals surface area contributed by atoms with Crippen molar-refractivity contribution in [1.82, 2.24) is 10.3 Å². The second-order valence-electron chi connectivity index (χ2n) is 4.71. The number of carboxylic acid groups (broad SMARTS) is 1. The van der Waals surface area contributed by atoms with Gasteiger partial charge in [0.05, 0.1) is 6.54 Å². The monoisotopic (exact) mass is 310 g/mol. The molecular weight excluding hydrogens is 296 g/mol. The number of furan rings is 1. The van der Waals surface area contributed by atoms with Crippen molar-refractivity contribution in [3.8, 4) is 10.8 Å². The summed E-state index contributed by atoms with van der Waals surface area (Å²) in [4.78, 5) is 26.7. The topological polar surface area (TPSA) is 113 Å². The lowest BCUT2D eigenvalue weighted by molar-refractivity contribution is -0.155. The van der Waals surface area contributed by atoms with Crippen LogP contribution in [0, 0.1) is 6.92 Å². The van der Waals surface area contributed by atoms with E-state index < -0.39 is 24.0 Å². The van der Waals surface area contributed by atoms with Crippen molar-refractivity contribution in [3.05, 3.63) is 29.0 Å². The average molecular weight is 310 g/mol. The van der Waals surface area contributed by atoms with Crippen LogP contribution in [0.25, 0.3) is 10.8 Å². The fourth-order valence-electron chi connectivity index (χ4n) is 1.46. The molecule has 0 fully saturated rings. The Balaban J connectivity index is 2.04. The molecule has 21 heavy (non-hydrogen) atoms. The lowest BCUT2D eigenvalue weighted by atomic mass is 10.1. The van der Waals surface area contributed by atoms with Gasteiger partial charge in [0.25, 0.3) is 5.91 Å². The van der Waals surface area contributed by atoms with Crippen molar-refractivity contribution in [3.63, 3.8) is 0 Å². The van der Waals surface area contributed by atoms with Gasteiger partial charge in [-0.25, -0.2) is 9.78 Å². The van der Waals surface area contributed by atoms with Gasteiger partial charge in [-0.1, -0.05) is 0 Å². The first-order valence-electron chi connectivity index (χ1n) is 6.06. The summed E-state index contributed by atoms with van der Waals surface area (Å²) in [5.74, 6) is -0.659. The summed E-state index contributed by atoms with van der Waals surface area (Å²) in [5, 5.41) is 22.7. The molecule has 1 unspecified atom stereocenters. The minimum atomic E-state index is -2.02. The number of aryl methyl sites for hydroxylation is 1. The van der Waals surface area contributed by atoms with Crippen LogP contribution in [0.1, 0.15) is 23.2 Å². The van der Waals surface area contributed by atoms with E-state index in [-0.39, 0.29) is 5.69 Å². The first-order chi connectivity index (χ1) is 9.79. The normalized spacial score (nSPS) is 13.7. The van der Waals surface area contributed by atoms with Crippen LogP contribution in [0.5, 0.6) is 0 Å². The Morgan fingerprint density at radius 2 is 2.19 bits per heavy atom. The molecule has 0 aliphatic heterocycles. The summed E-state index contributed by atoms with van der Waals surface area (Å²) >= 11 is 1.24. The largest absolute Gasteiger partial charge is 0.479 e. The number of amides is 1. The fourth-order valence-corrected chi connectivity index (χ4v) is 2.22. The number of carbonyl (C=O) groups is 2. The second kappa shape index (κ2) is 5.66. The molecule has 0 saturated carbocycles. The predicted molar refractivity (Wildman–Crippen MR) is 75.1 cm³/mol. The molecule has 0 aromatic carbocycles. The number of aliphatic carboxylic acids is 1. The van der Waals surface area contributed by atoms with E-state index in [1.165, 1.54) is 16.7 Å². The summed E-state index contributed by atoms with van der Waals surface area (Å²) in [5.41, 5.74) is -1.88. The molecule has 2 heterocycles. The second-order valence-corrected chi connectivity index (χ2v) is 5.57. The van der Waals surface area contributed by atoms with E-state index in [9.17, 15) is 14.7 Å². The van der Waals surface area contributed by atoms with E-state index in [0.29, 0.717) is 10.8 Å². The maximum Gasteiger partial charge on any atom is 0.337 e. The molecule has 2 aromatic heterocycles. The van der Waals surface area contributed by atoms with Crippen LogP contribution >= 0.6 is 11.3 Å². The SMILES string of the molecule is Cc1ccc(-c2nc(C(=O)NCC(C)(O)C(=O)O)cs2)o1. The van der Waals surface area contributed by atoms with Gasteiger partial charge in [-0.3, -0.25) is 4.79 Å². The summed E-state index contributed by atoms with van der Waals surface area (Å²) in [6.45, 7) is 2.50. The number of hydrogen-bond acceptors (Lipinski definition) is 6. The highest BCUT2D eigenvalue weighted by Gasteiger charge is 2.30. The Morgan fingerprint density at radius 1 is 1.48 bits per heavy atom. The number of carbonyl (C=O) groups excluding carboxylic acids is 1. The van der Waals surface area contributed by atoms with Crippen LogP contribution in [0.4, 0.5) is 0 Å². The number of rotatable bonds is 5. The third-order valence-electron chi connectivity index (χ3n) is 2.74. The molecule has 2 rings (SSSR count). The van der Waals surface area contributed by atoms with Crippen LogP contribution in [0.2, 0.25) is 0 Å². The third kappa shape index (κ3) is 3.47. The van der Waals surface area contributed by atoms with Crippen LogP contribution in [-0.4, -0.2) is 39.2 Å². The smallest absolute Gasteiger partial charge is 0.337 e. The lowest BCUT2D eigenvalue weighted by Gasteiger charge is -2.17. The Hall–Kier alpha value is -2.19. The van der Waals surface area contributed by atoms with Crippen molar-refractivity contribution in [2.45, 2.75) is 19.4 Å². The van der Waals surface area contributed by atoms with Gasteiger partial charge < -0.3 is 19.9 Å². The van der Waals surface area contributed by atoms with Gasteiger partial charge >= 0.3 is 5.97 Å². The zero-order chi connectivity index (χ0) is 15.6. The maximum atomic E-state index is 11.9. The summed E-state index contributed by atoms with van der Waals surface area (Å²) in [7, 11) is 0. The van der Waals surface area contributed by atoms with E-state index in [1.54, 1.807) is 19.1 Å². The average Bonchev–Trinajstić information content (AvgIpc) is 3.04. The zero-order valence-corrected chi connectivity index (χ0v) is 12.2. The summed E-state index contributed by atoms with van der Waals surface area (Å²) < 4.78 is 5.41. The molecule has 0 aliphatic rings. The predicted octanol–water partition coefficient (Wildman–Crippen LogP) is 1.28. The molecule has 7 nitrogen and oxygen atoms in total. The van der Waals surface area contributed by atoms with E-state index in [4.69, 9.17) is 9.52 Å². The first-order valence-corrected chi connectivity index (χ1v) is 6.94. The van der Waals surface area contributed by atoms with Crippen LogP contribution in [-0.2, 0) is 4.79 Å². The third-order valence-corrected chi connectivity index (χ3v) is 3.60. The number of hydrogen-bond donors (Lipinski definition) is 3. The van der Waals surface area contributed by atoms with Crippen molar-refractivity contribution in [1.29, 1.82) is 0 Å². The maximum absolute atomic E-state index is 11.9. The molecule has 112 valence electrons. The van der Waals surface area contributed by atoms with Gasteiger partial charge in [0.2, 0.25) is 0 Å². The van der Waals surface area contributed by atoms with E-state index in [1.807, 2.05) is 0 Å². The summed E-state index contributed by atoms with van der Waals surface area (Å²) in [6.07, 6.45) is 0. The Morgan fingerprint density at radius 3 is 2.76 bits per heavy atom. The van der Waals surface area contributed by atoms with Crippen LogP contribution in [0.15, 0.2) is 21.9 Å². The van der Waals surface area contributed by atoms with Gasteiger partial charge in [-0.15, -0.1) is 11.3 Å². The highest BCUT2D eigenvalue weighted by Crippen LogP contribution is 2.25. The fraction of sp³-hybridized carbons (Fsp3) is 0.308. The lowest BCUT2D eigenvalue weighted by Crippen LogP contribution is -2.46. The Bertz CT molecular complexity index is 674. The number of carboxylic acids is 1. The highest BCUT2D eigenvalue weighted by molar-refractivity contribution is 7.13. The zero-order valence-electron chi connectivity index (χ0n) is 11.4. The molecule has 0 aliphatic carbocycles. The molecule has 0 radical (unpaired) electrons. The van der Waals surface area contributed by atoms with Gasteiger partial charge in [0.15, 0.2) is 16.4 Å². The molecule has 8 heteroatoms. The van der Waals surface area contributed by atoms with Crippen molar-refractivity contribution >= 4 is 23.2 Å². The molecule has 2 aromatic rings. The van der Waals surface area contributed by atoms with Gasteiger partial charge in [0, 0.05) is 5.38 Å². The summed E-state index contributed by atoms with van der Waals surface area (Å²) in [6, 6.07) is 3.55. The minimum Gasteiger partial charge on any atom is -0.479 e. The number of thiazole rings is 1. The standard InChI is InChI=1S/C13H14N2O5S/c1-7-3-4-9(20-7)11-15-8(5-21-11)10(16)14-6-13(2,19)12(17)18/h3-5,19H,6H2,1-2H3,(H,14,16)(H,17,18). The van der Waals surface area contributed by atoms with Crippen LogP contribution in [0.3, 0.4) is 0 Å². The molecule has 1 atom stereocenters. The molecule has 0 saturated heterocycles. The number of aromatic nitrogens is 1. The first kappa shape index (κ1) is 15.2. The van der Waals surface area contributed by atoms with E-state index >= 15 is 0 Å². The molecule has 0 bridgehead atoms. The van der Waals surface area contributed by atoms with Crippen molar-refractivity contribution in [2.24, 2.45) is 0 Å². The minimum absolute atomic E-state index is 0.144. The van der Waals surface area contributed by atoms with Crippen LogP contribution < -0.4 is 5.32 Å². The number of nitrogens with one attached hydrogen (secondary N) is 1. The van der Waals surface area contributed by atoms with Crippen molar-refractivity contribution in [2.75, 3.05) is 6.54 Å². The van der Waals surface area contributed by atoms with Crippen molar-refractivity contribution < 1.29 is 24.2 Å². The Kier molecular flexibility index (Phi) is 4.10. The van der Waals surface area contributed by atoms with Gasteiger partial charge in [0.1, 0.15) is 11.5 Å². The van der Waals surface area contributed by atoms with E-state index in [0.717, 1.165) is 12.7 Å². The van der Waals surface area contributed by atoms with Gasteiger partial charge in [-0.05, 0) is 26.0 Å². The highest BCUT2D eigenvalue weighted by atomic mass is 32.1. The van der Waals surface area contributed by atoms with Gasteiger partial charge in [-0.2, -0.15) is 0 Å². The molecule has 0 spiro atoms. The number of nitrogens with zero attached hydrogens (tertiary/aromatic N) is 1. The number of aliphatic hydroxyl groups is 1. The molecule has 1 amide bonds. The Labute approximate surface area is 124 Å². The quantitative estimate of drug-likeness (QED) is 0.766.